The van der Waals surface area contributed by atoms with Crippen molar-refractivity contribution in [1.29, 1.82) is 0 Å². The van der Waals surface area contributed by atoms with Crippen molar-refractivity contribution in [3.05, 3.63) is 58.1 Å². The van der Waals surface area contributed by atoms with Crippen LogP contribution in [0, 0.1) is 0 Å². The number of methoxy groups -OCH3 is 1. The number of halogens is 1. The van der Waals surface area contributed by atoms with E-state index in [2.05, 4.69) is 40.4 Å². The Morgan fingerprint density at radius 1 is 1.21 bits per heavy atom. The van der Waals surface area contributed by atoms with Gasteiger partial charge < -0.3 is 15.4 Å². The van der Waals surface area contributed by atoms with E-state index < -0.39 is 0 Å². The molecule has 0 fully saturated rings. The van der Waals surface area contributed by atoms with Crippen LogP contribution in [0.2, 0.25) is 0 Å². The number of para-hydroxylation sites is 1. The molecule has 128 valence electrons. The minimum absolute atomic E-state index is 0.185. The number of hydrogen-bond acceptors (Lipinski definition) is 2. The Bertz CT molecular complexity index is 702. The summed E-state index contributed by atoms with van der Waals surface area (Å²) in [5.74, 6) is 1.16. The molecule has 0 aliphatic rings. The number of hydrogen-bond donors (Lipinski definition) is 2. The molecule has 2 aromatic carbocycles. The number of carbonyl (C=O) groups excluding carboxylic acids is 1. The molecule has 0 atom stereocenters. The minimum atomic E-state index is -0.185. The number of rotatable bonds is 6. The van der Waals surface area contributed by atoms with Gasteiger partial charge in [0.25, 0.3) is 0 Å². The number of carbonyl (C=O) groups is 1. The van der Waals surface area contributed by atoms with E-state index in [1.54, 1.807) is 7.11 Å². The monoisotopic (exact) mass is 390 g/mol. The molecule has 2 aromatic rings. The minimum Gasteiger partial charge on any atom is -0.496 e. The zero-order chi connectivity index (χ0) is 17.5. The fraction of sp³-hybridized carbons (Fsp3) is 0.316. The van der Waals surface area contributed by atoms with Gasteiger partial charge in [-0.1, -0.05) is 38.1 Å². The molecule has 5 heteroatoms. The van der Waals surface area contributed by atoms with Gasteiger partial charge in [-0.3, -0.25) is 0 Å². The molecule has 2 amide bonds. The van der Waals surface area contributed by atoms with Crippen molar-refractivity contribution in [1.82, 2.24) is 5.32 Å². The summed E-state index contributed by atoms with van der Waals surface area (Å²) in [6.07, 6.45) is 0.752. The van der Waals surface area contributed by atoms with E-state index in [4.69, 9.17) is 4.74 Å². The van der Waals surface area contributed by atoms with Gasteiger partial charge in [0.1, 0.15) is 5.75 Å². The van der Waals surface area contributed by atoms with Crippen LogP contribution < -0.4 is 15.4 Å². The molecule has 0 aliphatic carbocycles. The summed E-state index contributed by atoms with van der Waals surface area (Å²) in [6, 6.07) is 13.6. The molecule has 0 saturated heterocycles. The predicted octanol–water partition coefficient (Wildman–Crippen LogP) is 4.95. The van der Waals surface area contributed by atoms with Crippen LogP contribution in [0.5, 0.6) is 5.75 Å². The molecule has 4 nitrogen and oxygen atoms in total. The third-order valence-corrected chi connectivity index (χ3v) is 4.37. The molecule has 0 radical (unpaired) electrons. The number of anilines is 1. The van der Waals surface area contributed by atoms with E-state index in [0.717, 1.165) is 33.5 Å². The van der Waals surface area contributed by atoms with E-state index in [1.165, 1.54) is 0 Å². The highest BCUT2D eigenvalue weighted by Gasteiger charge is 2.09. The quantitative estimate of drug-likeness (QED) is 0.733. The van der Waals surface area contributed by atoms with Crippen molar-refractivity contribution in [2.45, 2.75) is 26.2 Å². The standard InChI is InChI=1S/C19H23BrN2O2/c1-13(2)15-6-4-5-7-17(15)22-19(23)21-11-10-14-8-9-18(24-3)16(20)12-14/h4-9,12-13H,10-11H2,1-3H3,(H2,21,22,23). The predicted molar refractivity (Wildman–Crippen MR) is 102 cm³/mol. The van der Waals surface area contributed by atoms with Crippen molar-refractivity contribution in [3.63, 3.8) is 0 Å². The van der Waals surface area contributed by atoms with Crippen LogP contribution in [0.3, 0.4) is 0 Å². The lowest BCUT2D eigenvalue weighted by atomic mass is 10.0. The van der Waals surface area contributed by atoms with Crippen LogP contribution >= 0.6 is 15.9 Å². The molecule has 0 unspecified atom stereocenters. The fourth-order valence-electron chi connectivity index (χ4n) is 2.47. The first-order valence-corrected chi connectivity index (χ1v) is 8.76. The van der Waals surface area contributed by atoms with Crippen molar-refractivity contribution in [2.75, 3.05) is 19.0 Å². The number of ether oxygens (including phenoxy) is 1. The van der Waals surface area contributed by atoms with Gasteiger partial charge in [-0.15, -0.1) is 0 Å². The Hall–Kier alpha value is -2.01. The number of nitrogens with one attached hydrogen (secondary N) is 2. The highest BCUT2D eigenvalue weighted by atomic mass is 79.9. The summed E-state index contributed by atoms with van der Waals surface area (Å²) in [5.41, 5.74) is 3.12. The first-order chi connectivity index (χ1) is 11.5. The van der Waals surface area contributed by atoms with Crippen LogP contribution in [0.25, 0.3) is 0 Å². The lowest BCUT2D eigenvalue weighted by molar-refractivity contribution is 0.252. The van der Waals surface area contributed by atoms with E-state index in [-0.39, 0.29) is 6.03 Å². The van der Waals surface area contributed by atoms with Gasteiger partial charge >= 0.3 is 6.03 Å². The number of urea groups is 1. The van der Waals surface area contributed by atoms with Crippen LogP contribution in [-0.2, 0) is 6.42 Å². The van der Waals surface area contributed by atoms with Crippen LogP contribution in [-0.4, -0.2) is 19.7 Å². The molecule has 0 bridgehead atoms. The van der Waals surface area contributed by atoms with Gasteiger partial charge in [0, 0.05) is 12.2 Å². The van der Waals surface area contributed by atoms with Gasteiger partial charge in [-0.25, -0.2) is 4.79 Å². The Morgan fingerprint density at radius 3 is 2.62 bits per heavy atom. The normalized spacial score (nSPS) is 10.5. The summed E-state index contributed by atoms with van der Waals surface area (Å²) in [6.45, 7) is 4.79. The molecule has 0 spiro atoms. The Kier molecular flexibility index (Phi) is 6.67. The van der Waals surface area contributed by atoms with E-state index in [9.17, 15) is 4.79 Å². The molecule has 24 heavy (non-hydrogen) atoms. The van der Waals surface area contributed by atoms with E-state index in [0.29, 0.717) is 12.5 Å². The van der Waals surface area contributed by atoms with Crippen molar-refractivity contribution < 1.29 is 9.53 Å². The lowest BCUT2D eigenvalue weighted by Crippen LogP contribution is -2.30. The van der Waals surface area contributed by atoms with Gasteiger partial charge in [-0.05, 0) is 57.6 Å². The highest BCUT2D eigenvalue weighted by Crippen LogP contribution is 2.25. The van der Waals surface area contributed by atoms with Crippen molar-refractivity contribution >= 4 is 27.6 Å². The molecule has 0 heterocycles. The average Bonchev–Trinajstić information content (AvgIpc) is 2.55. The van der Waals surface area contributed by atoms with Crippen LogP contribution in [0.1, 0.15) is 30.9 Å². The average molecular weight is 391 g/mol. The zero-order valence-corrected chi connectivity index (χ0v) is 15.8. The fourth-order valence-corrected chi connectivity index (χ4v) is 3.05. The third kappa shape index (κ3) is 4.99. The first-order valence-electron chi connectivity index (χ1n) is 7.97. The first kappa shape index (κ1) is 18.3. The van der Waals surface area contributed by atoms with Gasteiger partial charge in [0.05, 0.1) is 11.6 Å². The molecular formula is C19H23BrN2O2. The Morgan fingerprint density at radius 2 is 1.96 bits per heavy atom. The second-order valence-corrected chi connectivity index (χ2v) is 6.70. The number of benzene rings is 2. The summed E-state index contributed by atoms with van der Waals surface area (Å²) in [4.78, 5) is 12.1. The molecule has 0 saturated carbocycles. The maximum Gasteiger partial charge on any atom is 0.319 e. The lowest BCUT2D eigenvalue weighted by Gasteiger charge is -2.14. The molecule has 2 rings (SSSR count). The molecule has 2 N–H and O–H groups in total. The Balaban J connectivity index is 1.87. The van der Waals surface area contributed by atoms with Crippen LogP contribution in [0.15, 0.2) is 46.9 Å². The maximum atomic E-state index is 12.1. The summed E-state index contributed by atoms with van der Waals surface area (Å²) < 4.78 is 6.13. The van der Waals surface area contributed by atoms with Crippen molar-refractivity contribution in [2.24, 2.45) is 0 Å². The zero-order valence-electron chi connectivity index (χ0n) is 14.2. The summed E-state index contributed by atoms with van der Waals surface area (Å²) >= 11 is 3.47. The topological polar surface area (TPSA) is 50.4 Å². The molecular weight excluding hydrogens is 368 g/mol. The van der Waals surface area contributed by atoms with Crippen molar-refractivity contribution in [3.8, 4) is 5.75 Å². The van der Waals surface area contributed by atoms with Gasteiger partial charge in [0.15, 0.2) is 0 Å². The maximum absolute atomic E-state index is 12.1. The second-order valence-electron chi connectivity index (χ2n) is 5.84. The van der Waals surface area contributed by atoms with Crippen LogP contribution in [0.4, 0.5) is 10.5 Å². The van der Waals surface area contributed by atoms with E-state index in [1.807, 2.05) is 42.5 Å². The van der Waals surface area contributed by atoms with Gasteiger partial charge in [-0.2, -0.15) is 0 Å². The summed E-state index contributed by atoms with van der Waals surface area (Å²) in [7, 11) is 1.64. The summed E-state index contributed by atoms with van der Waals surface area (Å²) in [5, 5.41) is 5.83. The smallest absolute Gasteiger partial charge is 0.319 e. The SMILES string of the molecule is COc1ccc(CCNC(=O)Nc2ccccc2C(C)C)cc1Br. The highest BCUT2D eigenvalue weighted by molar-refractivity contribution is 9.10. The third-order valence-electron chi connectivity index (χ3n) is 3.75. The number of amides is 2. The Labute approximate surface area is 151 Å². The van der Waals surface area contributed by atoms with E-state index >= 15 is 0 Å². The van der Waals surface area contributed by atoms with Gasteiger partial charge in [0.2, 0.25) is 0 Å². The second kappa shape index (κ2) is 8.73. The molecule has 0 aromatic heterocycles. The largest absolute Gasteiger partial charge is 0.496 e. The molecule has 0 aliphatic heterocycles.